The average Bonchev–Trinajstić information content (AvgIpc) is 3.26. The lowest BCUT2D eigenvalue weighted by molar-refractivity contribution is -0.139. The predicted molar refractivity (Wildman–Crippen MR) is 155 cm³/mol. The standard InChI is InChI=1S/C30H32N2O8S/c1-7-12-40-20-11-10-19(16-21(20)38-8-2)26-25(29(35)39-9-3)17(4)31-30-32(26)28(34)24(41-30)15-18-13-22(36-5)27(33)23(14-18)37-6/h7,10-11,13-16,26,33H,1,8-9,12H2,2-6H3/b24-15+/t26-/m0/s1. The molecule has 2 aromatic carbocycles. The topological polar surface area (TPSA) is 118 Å². The number of allylic oxidation sites excluding steroid dienone is 1. The minimum absolute atomic E-state index is 0.145. The molecule has 0 spiro atoms. The molecular weight excluding hydrogens is 548 g/mol. The van der Waals surface area contributed by atoms with Crippen molar-refractivity contribution in [1.29, 1.82) is 0 Å². The molecule has 10 nitrogen and oxygen atoms in total. The van der Waals surface area contributed by atoms with Crippen LogP contribution in [0.15, 0.2) is 64.0 Å². The number of rotatable bonds is 11. The summed E-state index contributed by atoms with van der Waals surface area (Å²) in [6.07, 6.45) is 3.29. The summed E-state index contributed by atoms with van der Waals surface area (Å²) in [7, 11) is 2.85. The van der Waals surface area contributed by atoms with Crippen LogP contribution >= 0.6 is 11.3 Å². The van der Waals surface area contributed by atoms with Gasteiger partial charge in [0.15, 0.2) is 27.8 Å². The van der Waals surface area contributed by atoms with Crippen molar-refractivity contribution in [2.24, 2.45) is 4.99 Å². The van der Waals surface area contributed by atoms with Crippen molar-refractivity contribution in [2.45, 2.75) is 26.8 Å². The number of thiazole rings is 1. The molecule has 1 aromatic heterocycles. The number of fused-ring (bicyclic) bond motifs is 1. The van der Waals surface area contributed by atoms with Crippen LogP contribution in [-0.2, 0) is 9.53 Å². The number of aromatic nitrogens is 1. The normalized spacial score (nSPS) is 14.7. The van der Waals surface area contributed by atoms with Gasteiger partial charge in [-0.2, -0.15) is 0 Å². The minimum atomic E-state index is -0.830. The zero-order valence-corrected chi connectivity index (χ0v) is 24.4. The third-order valence-corrected chi connectivity index (χ3v) is 7.24. The predicted octanol–water partition coefficient (Wildman–Crippen LogP) is 3.48. The van der Waals surface area contributed by atoms with Crippen LogP contribution in [-0.4, -0.2) is 49.7 Å². The first-order chi connectivity index (χ1) is 19.8. The molecule has 216 valence electrons. The molecule has 4 rings (SSSR count). The monoisotopic (exact) mass is 580 g/mol. The van der Waals surface area contributed by atoms with Crippen LogP contribution in [0.1, 0.15) is 37.9 Å². The molecule has 0 saturated heterocycles. The summed E-state index contributed by atoms with van der Waals surface area (Å²) >= 11 is 1.18. The van der Waals surface area contributed by atoms with Gasteiger partial charge in [-0.3, -0.25) is 9.36 Å². The number of carbonyl (C=O) groups excluding carboxylic acids is 1. The molecule has 1 atom stereocenters. The van der Waals surface area contributed by atoms with Gasteiger partial charge in [-0.05, 0) is 62.2 Å². The summed E-state index contributed by atoms with van der Waals surface area (Å²) in [6, 6.07) is 7.66. The summed E-state index contributed by atoms with van der Waals surface area (Å²) in [5.74, 6) is 0.666. The van der Waals surface area contributed by atoms with E-state index in [9.17, 15) is 14.7 Å². The Morgan fingerprint density at radius 2 is 1.78 bits per heavy atom. The maximum atomic E-state index is 14.0. The van der Waals surface area contributed by atoms with E-state index in [1.54, 1.807) is 56.3 Å². The highest BCUT2D eigenvalue weighted by molar-refractivity contribution is 7.07. The molecule has 0 unspecified atom stereocenters. The van der Waals surface area contributed by atoms with Crippen LogP contribution in [0.5, 0.6) is 28.7 Å². The molecule has 1 aliphatic heterocycles. The fraction of sp³-hybridized carbons (Fsp3) is 0.300. The highest BCUT2D eigenvalue weighted by Crippen LogP contribution is 2.38. The SMILES string of the molecule is C=CCOc1ccc([C@H]2C(C(=O)OCC)=C(C)N=c3s/c(=C/c4cc(OC)c(O)c(OC)c4)c(=O)n32)cc1OCC. The van der Waals surface area contributed by atoms with Gasteiger partial charge in [-0.25, -0.2) is 9.79 Å². The van der Waals surface area contributed by atoms with Crippen molar-refractivity contribution >= 4 is 23.4 Å². The number of benzene rings is 2. The number of aromatic hydroxyl groups is 1. The summed E-state index contributed by atoms with van der Waals surface area (Å²) in [4.78, 5) is 32.2. The van der Waals surface area contributed by atoms with Crippen LogP contribution in [0.25, 0.3) is 6.08 Å². The van der Waals surface area contributed by atoms with Gasteiger partial charge in [0, 0.05) is 0 Å². The molecule has 1 aliphatic rings. The fourth-order valence-electron chi connectivity index (χ4n) is 4.49. The van der Waals surface area contributed by atoms with E-state index in [0.29, 0.717) is 44.3 Å². The second-order valence-corrected chi connectivity index (χ2v) is 9.82. The number of phenolic OH excluding ortho intramolecular Hbond substituents is 1. The minimum Gasteiger partial charge on any atom is -0.502 e. The Morgan fingerprint density at radius 3 is 2.39 bits per heavy atom. The third kappa shape index (κ3) is 5.85. The van der Waals surface area contributed by atoms with Gasteiger partial charge >= 0.3 is 5.97 Å². The van der Waals surface area contributed by atoms with E-state index in [0.717, 1.165) is 0 Å². The summed E-state index contributed by atoms with van der Waals surface area (Å²) in [5.41, 5.74) is 1.53. The van der Waals surface area contributed by atoms with Crippen LogP contribution in [0.3, 0.4) is 0 Å². The molecule has 0 bridgehead atoms. The largest absolute Gasteiger partial charge is 0.502 e. The first kappa shape index (κ1) is 29.5. The van der Waals surface area contributed by atoms with E-state index in [1.807, 2.05) is 6.92 Å². The van der Waals surface area contributed by atoms with Crippen LogP contribution < -0.4 is 33.8 Å². The number of methoxy groups -OCH3 is 2. The maximum absolute atomic E-state index is 14.0. The number of carbonyl (C=O) groups is 1. The Morgan fingerprint density at radius 1 is 1.07 bits per heavy atom. The van der Waals surface area contributed by atoms with Crippen molar-refractivity contribution in [2.75, 3.05) is 34.0 Å². The first-order valence-electron chi connectivity index (χ1n) is 12.9. The van der Waals surface area contributed by atoms with E-state index in [2.05, 4.69) is 11.6 Å². The molecule has 1 N–H and O–H groups in total. The van der Waals surface area contributed by atoms with Crippen LogP contribution in [0, 0.1) is 0 Å². The van der Waals surface area contributed by atoms with Crippen molar-refractivity contribution in [3.05, 3.63) is 85.1 Å². The van der Waals surface area contributed by atoms with Gasteiger partial charge in [0.1, 0.15) is 6.61 Å². The molecule has 0 saturated carbocycles. The highest BCUT2D eigenvalue weighted by Gasteiger charge is 2.34. The Bertz CT molecular complexity index is 1660. The fourth-order valence-corrected chi connectivity index (χ4v) is 5.53. The van der Waals surface area contributed by atoms with Gasteiger partial charge in [0.25, 0.3) is 5.56 Å². The third-order valence-electron chi connectivity index (χ3n) is 6.26. The Hall–Kier alpha value is -4.51. The lowest BCUT2D eigenvalue weighted by atomic mass is 9.95. The number of nitrogens with zero attached hydrogens (tertiary/aromatic N) is 2. The van der Waals surface area contributed by atoms with E-state index in [4.69, 9.17) is 23.7 Å². The number of phenols is 1. The molecule has 0 amide bonds. The number of esters is 1. The molecule has 0 fully saturated rings. The summed E-state index contributed by atoms with van der Waals surface area (Å²) in [5, 5.41) is 10.3. The van der Waals surface area contributed by atoms with Crippen LogP contribution in [0.2, 0.25) is 0 Å². The molecule has 2 heterocycles. The number of ether oxygens (including phenoxy) is 5. The molecule has 3 aromatic rings. The summed E-state index contributed by atoms with van der Waals surface area (Å²) < 4.78 is 29.3. The van der Waals surface area contributed by atoms with E-state index < -0.39 is 12.0 Å². The smallest absolute Gasteiger partial charge is 0.338 e. The van der Waals surface area contributed by atoms with Gasteiger partial charge in [-0.15, -0.1) is 0 Å². The number of hydrogen-bond donors (Lipinski definition) is 1. The molecular formula is C30H32N2O8S. The van der Waals surface area contributed by atoms with E-state index >= 15 is 0 Å². The van der Waals surface area contributed by atoms with E-state index in [1.165, 1.54) is 30.1 Å². The van der Waals surface area contributed by atoms with Crippen molar-refractivity contribution < 1.29 is 33.6 Å². The van der Waals surface area contributed by atoms with Gasteiger partial charge < -0.3 is 28.8 Å². The van der Waals surface area contributed by atoms with Gasteiger partial charge in [0.05, 0.1) is 49.3 Å². The quantitative estimate of drug-likeness (QED) is 0.271. The Balaban J connectivity index is 1.95. The Labute approximate surface area is 241 Å². The Kier molecular flexibility index (Phi) is 9.18. The van der Waals surface area contributed by atoms with E-state index in [-0.39, 0.29) is 41.6 Å². The lowest BCUT2D eigenvalue weighted by Gasteiger charge is -2.25. The molecule has 0 aliphatic carbocycles. The summed E-state index contributed by atoms with van der Waals surface area (Å²) in [6.45, 7) is 9.82. The molecule has 0 radical (unpaired) electrons. The zero-order chi connectivity index (χ0) is 29.7. The maximum Gasteiger partial charge on any atom is 0.338 e. The van der Waals surface area contributed by atoms with Crippen LogP contribution in [0.4, 0.5) is 0 Å². The second kappa shape index (κ2) is 12.8. The molecule has 41 heavy (non-hydrogen) atoms. The van der Waals surface area contributed by atoms with Gasteiger partial charge in [0.2, 0.25) is 5.75 Å². The lowest BCUT2D eigenvalue weighted by Crippen LogP contribution is -2.40. The molecule has 11 heteroatoms. The van der Waals surface area contributed by atoms with Crippen molar-refractivity contribution in [3.8, 4) is 28.7 Å². The number of hydrogen-bond acceptors (Lipinski definition) is 10. The zero-order valence-electron chi connectivity index (χ0n) is 23.6. The highest BCUT2D eigenvalue weighted by atomic mass is 32.1. The second-order valence-electron chi connectivity index (χ2n) is 8.82. The van der Waals surface area contributed by atoms with Crippen molar-refractivity contribution in [1.82, 2.24) is 4.57 Å². The first-order valence-corrected chi connectivity index (χ1v) is 13.7. The van der Waals surface area contributed by atoms with Gasteiger partial charge in [-0.1, -0.05) is 30.1 Å². The van der Waals surface area contributed by atoms with Crippen molar-refractivity contribution in [3.63, 3.8) is 0 Å². The average molecular weight is 581 g/mol.